The topological polar surface area (TPSA) is 187 Å². The maximum Gasteiger partial charge on any atom is 0.336 e. The predicted octanol–water partition coefficient (Wildman–Crippen LogP) is 0.00140. The molecule has 0 spiro atoms. The number of non-ortho nitro benzene ring substituents is 1. The van der Waals surface area contributed by atoms with E-state index in [0.717, 1.165) is 0 Å². The fourth-order valence-corrected chi connectivity index (χ4v) is 4.10. The molecule has 13 nitrogen and oxygen atoms in total. The van der Waals surface area contributed by atoms with Crippen molar-refractivity contribution in [3.8, 4) is 0 Å². The number of hydrogen-bond donors (Lipinski definition) is 4. The lowest BCUT2D eigenvalue weighted by atomic mass is 9.80. The largest absolute Gasteiger partial charge is 0.466 e. The van der Waals surface area contributed by atoms with Crippen LogP contribution in [-0.2, 0) is 28.5 Å². The van der Waals surface area contributed by atoms with Crippen LogP contribution in [0.25, 0.3) is 0 Å². The van der Waals surface area contributed by atoms with E-state index in [9.17, 15) is 35.0 Å². The number of nitrogens with zero attached hydrogens (tertiary/aromatic N) is 1. The van der Waals surface area contributed by atoms with Crippen molar-refractivity contribution in [2.24, 2.45) is 0 Å². The molecule has 0 bridgehead atoms. The molecule has 5 atom stereocenters. The highest BCUT2D eigenvalue weighted by molar-refractivity contribution is 5.99. The van der Waals surface area contributed by atoms with Gasteiger partial charge in [-0.05, 0) is 19.4 Å². The molecule has 2 heterocycles. The van der Waals surface area contributed by atoms with Gasteiger partial charge in [0.15, 0.2) is 6.29 Å². The normalized spacial score (nSPS) is 26.3. The van der Waals surface area contributed by atoms with Crippen LogP contribution in [0.3, 0.4) is 0 Å². The number of nitro groups is 1. The lowest BCUT2D eigenvalue weighted by molar-refractivity contribution is -0.384. The number of rotatable bonds is 8. The predicted molar refractivity (Wildman–Crippen MR) is 121 cm³/mol. The zero-order chi connectivity index (χ0) is 26.6. The fourth-order valence-electron chi connectivity index (χ4n) is 4.10. The van der Waals surface area contributed by atoms with Crippen LogP contribution in [0.5, 0.6) is 0 Å². The first-order valence-corrected chi connectivity index (χ1v) is 11.0. The first kappa shape index (κ1) is 27.2. The number of nitrogens with one attached hydrogen (secondary N) is 1. The number of aliphatic hydroxyl groups is 3. The van der Waals surface area contributed by atoms with Gasteiger partial charge in [0, 0.05) is 23.5 Å². The summed E-state index contributed by atoms with van der Waals surface area (Å²) in [6, 6.07) is 5.58. The number of aliphatic hydroxyl groups excluding tert-OH is 3. The van der Waals surface area contributed by atoms with E-state index in [1.165, 1.54) is 25.3 Å². The van der Waals surface area contributed by atoms with Crippen molar-refractivity contribution in [3.63, 3.8) is 0 Å². The summed E-state index contributed by atoms with van der Waals surface area (Å²) in [4.78, 5) is 36.5. The average molecular weight is 508 g/mol. The number of nitro benzene ring substituents is 1. The molecule has 1 unspecified atom stereocenters. The Kier molecular flexibility index (Phi) is 8.76. The summed E-state index contributed by atoms with van der Waals surface area (Å²) < 4.78 is 20.7. The molecule has 1 aromatic rings. The van der Waals surface area contributed by atoms with Crippen molar-refractivity contribution in [1.82, 2.24) is 5.32 Å². The standard InChI is InChI=1S/C23H28N2O11/c1-11-16(21(29)33-3)18(13-5-4-6-14(9-13)25(31)32)17(12(2)24-11)22(30)34-7-8-35-23-20(28)19(27)15(26)10-36-23/h4-6,9,15,18-20,23-24,26-28H,7-8,10H2,1-3H3/t15-,18?,19+,20-,23-/m1/s1. The van der Waals surface area contributed by atoms with Crippen LogP contribution in [0.4, 0.5) is 5.69 Å². The van der Waals surface area contributed by atoms with Gasteiger partial charge >= 0.3 is 11.9 Å². The minimum atomic E-state index is -1.49. The zero-order valence-corrected chi connectivity index (χ0v) is 19.9. The van der Waals surface area contributed by atoms with Gasteiger partial charge in [-0.25, -0.2) is 9.59 Å². The summed E-state index contributed by atoms with van der Waals surface area (Å²) in [7, 11) is 1.19. The van der Waals surface area contributed by atoms with E-state index in [4.69, 9.17) is 18.9 Å². The van der Waals surface area contributed by atoms with Crippen LogP contribution in [0.1, 0.15) is 25.3 Å². The highest BCUT2D eigenvalue weighted by Gasteiger charge is 2.39. The lowest BCUT2D eigenvalue weighted by Gasteiger charge is -2.34. The summed E-state index contributed by atoms with van der Waals surface area (Å²) in [6.45, 7) is 2.49. The van der Waals surface area contributed by atoms with Crippen LogP contribution in [0, 0.1) is 10.1 Å². The van der Waals surface area contributed by atoms with E-state index in [0.29, 0.717) is 17.0 Å². The Morgan fingerprint density at radius 2 is 1.78 bits per heavy atom. The van der Waals surface area contributed by atoms with Crippen molar-refractivity contribution >= 4 is 17.6 Å². The number of ether oxygens (including phenoxy) is 4. The summed E-state index contributed by atoms with van der Waals surface area (Å²) >= 11 is 0. The maximum absolute atomic E-state index is 13.1. The minimum absolute atomic E-state index is 0.0500. The molecule has 0 amide bonds. The van der Waals surface area contributed by atoms with Crippen molar-refractivity contribution < 1.29 is 48.8 Å². The summed E-state index contributed by atoms with van der Waals surface area (Å²) in [6.07, 6.45) is -5.42. The number of hydrogen-bond acceptors (Lipinski definition) is 12. The van der Waals surface area contributed by atoms with Gasteiger partial charge in [-0.3, -0.25) is 10.1 Å². The van der Waals surface area contributed by atoms with Crippen LogP contribution >= 0.6 is 0 Å². The molecular weight excluding hydrogens is 480 g/mol. The first-order valence-electron chi connectivity index (χ1n) is 11.0. The number of carbonyl (C=O) groups is 2. The van der Waals surface area contributed by atoms with Gasteiger partial charge in [-0.1, -0.05) is 12.1 Å². The lowest BCUT2D eigenvalue weighted by Crippen LogP contribution is -2.53. The van der Waals surface area contributed by atoms with Crippen molar-refractivity contribution in [2.45, 2.75) is 44.4 Å². The zero-order valence-electron chi connectivity index (χ0n) is 19.9. The molecular formula is C23H28N2O11. The minimum Gasteiger partial charge on any atom is -0.466 e. The summed E-state index contributed by atoms with van der Waals surface area (Å²) in [5, 5.41) is 43.4. The molecule has 2 aliphatic heterocycles. The SMILES string of the molecule is COC(=O)C1=C(C)NC(C)=C(C(=O)OCCO[C@@H]2OC[C@@H](O)[C@H](O)[C@H]2O)C1c1cccc([N+](=O)[O-])c1. The highest BCUT2D eigenvalue weighted by atomic mass is 16.7. The Labute approximate surface area is 206 Å². The molecule has 0 radical (unpaired) electrons. The Balaban J connectivity index is 1.80. The smallest absolute Gasteiger partial charge is 0.336 e. The van der Waals surface area contributed by atoms with Gasteiger partial charge in [-0.2, -0.15) is 0 Å². The summed E-state index contributed by atoms with van der Waals surface area (Å²) in [5.41, 5.74) is 1.04. The third kappa shape index (κ3) is 5.71. The molecule has 1 fully saturated rings. The Hall–Kier alpha value is -3.36. The quantitative estimate of drug-likeness (QED) is 0.160. The molecule has 36 heavy (non-hydrogen) atoms. The molecule has 1 aromatic carbocycles. The van der Waals surface area contributed by atoms with Gasteiger partial charge in [0.25, 0.3) is 5.69 Å². The highest BCUT2D eigenvalue weighted by Crippen LogP contribution is 2.40. The molecule has 0 aromatic heterocycles. The van der Waals surface area contributed by atoms with Gasteiger partial charge in [0.1, 0.15) is 24.9 Å². The number of esters is 2. The van der Waals surface area contributed by atoms with Gasteiger partial charge in [0.2, 0.25) is 0 Å². The maximum atomic E-state index is 13.1. The van der Waals surface area contributed by atoms with Crippen molar-refractivity contribution in [1.29, 1.82) is 0 Å². The third-order valence-corrected chi connectivity index (χ3v) is 5.85. The van der Waals surface area contributed by atoms with Crippen LogP contribution in [0.15, 0.2) is 46.8 Å². The number of dihydropyridines is 1. The number of methoxy groups -OCH3 is 1. The molecule has 0 saturated carbocycles. The van der Waals surface area contributed by atoms with Gasteiger partial charge in [-0.15, -0.1) is 0 Å². The first-order chi connectivity index (χ1) is 17.1. The molecule has 4 N–H and O–H groups in total. The van der Waals surface area contributed by atoms with Crippen molar-refractivity contribution in [2.75, 3.05) is 26.9 Å². The average Bonchev–Trinajstić information content (AvgIpc) is 2.85. The molecule has 13 heteroatoms. The Bertz CT molecular complexity index is 1080. The van der Waals surface area contributed by atoms with E-state index in [1.54, 1.807) is 19.9 Å². The molecule has 196 valence electrons. The van der Waals surface area contributed by atoms with E-state index in [-0.39, 0.29) is 36.7 Å². The molecule has 2 aliphatic rings. The third-order valence-electron chi connectivity index (χ3n) is 5.85. The van der Waals surface area contributed by atoms with Crippen LogP contribution < -0.4 is 5.32 Å². The Morgan fingerprint density at radius 1 is 1.11 bits per heavy atom. The van der Waals surface area contributed by atoms with Crippen LogP contribution in [0.2, 0.25) is 0 Å². The van der Waals surface area contributed by atoms with Gasteiger partial charge in [0.05, 0.1) is 42.3 Å². The molecule has 0 aliphatic carbocycles. The Morgan fingerprint density at radius 3 is 2.42 bits per heavy atom. The second-order valence-electron chi connectivity index (χ2n) is 8.24. The van der Waals surface area contributed by atoms with Gasteiger partial charge < -0.3 is 39.6 Å². The second-order valence-corrected chi connectivity index (χ2v) is 8.24. The fraction of sp³-hybridized carbons (Fsp3) is 0.478. The van der Waals surface area contributed by atoms with E-state index >= 15 is 0 Å². The molecule has 1 saturated heterocycles. The second kappa shape index (κ2) is 11.6. The van der Waals surface area contributed by atoms with E-state index in [2.05, 4.69) is 5.32 Å². The van der Waals surface area contributed by atoms with E-state index < -0.39 is 47.4 Å². The van der Waals surface area contributed by atoms with E-state index in [1.807, 2.05) is 0 Å². The number of carbonyl (C=O) groups excluding carboxylic acids is 2. The number of allylic oxidation sites excluding steroid dienone is 2. The number of benzene rings is 1. The molecule has 3 rings (SSSR count). The van der Waals surface area contributed by atoms with Crippen LogP contribution in [-0.4, -0.2) is 83.7 Å². The monoisotopic (exact) mass is 508 g/mol. The summed E-state index contributed by atoms with van der Waals surface area (Å²) in [5.74, 6) is -2.54. The van der Waals surface area contributed by atoms with Crippen molar-refractivity contribution in [3.05, 3.63) is 62.5 Å².